The van der Waals surface area contributed by atoms with E-state index in [0.29, 0.717) is 5.69 Å². The predicted octanol–water partition coefficient (Wildman–Crippen LogP) is 0.986. The summed E-state index contributed by atoms with van der Waals surface area (Å²) in [5.41, 5.74) is 1.42. The number of nitrogens with one attached hydrogen (secondary N) is 2. The normalized spacial score (nSPS) is 9.56. The van der Waals surface area contributed by atoms with E-state index in [2.05, 4.69) is 15.6 Å². The number of carboxylic acid groups (broad SMARTS) is 1. The van der Waals surface area contributed by atoms with Crippen LogP contribution in [-0.4, -0.2) is 28.6 Å². The number of amides is 2. The molecule has 86 valence electrons. The van der Waals surface area contributed by atoms with Gasteiger partial charge in [-0.05, 0) is 19.1 Å². The van der Waals surface area contributed by atoms with Gasteiger partial charge in [0, 0.05) is 24.1 Å². The summed E-state index contributed by atoms with van der Waals surface area (Å²) in [6, 6.07) is 2.95. The second-order valence-corrected chi connectivity index (χ2v) is 3.21. The van der Waals surface area contributed by atoms with Gasteiger partial charge >= 0.3 is 12.0 Å². The van der Waals surface area contributed by atoms with Crippen LogP contribution in [0.4, 0.5) is 10.5 Å². The Morgan fingerprint density at radius 2 is 2.25 bits per heavy atom. The van der Waals surface area contributed by atoms with Gasteiger partial charge in [0.05, 0.1) is 6.42 Å². The fraction of sp³-hybridized carbons (Fsp3) is 0.300. The molecule has 0 aliphatic carbocycles. The van der Waals surface area contributed by atoms with Crippen molar-refractivity contribution in [3.8, 4) is 0 Å². The van der Waals surface area contributed by atoms with Gasteiger partial charge in [0.2, 0.25) is 0 Å². The Morgan fingerprint density at radius 1 is 1.50 bits per heavy atom. The summed E-state index contributed by atoms with van der Waals surface area (Å²) < 4.78 is 0. The molecule has 2 amide bonds. The number of aromatic nitrogens is 1. The third-order valence-electron chi connectivity index (χ3n) is 1.78. The molecule has 0 unspecified atom stereocenters. The number of hydrogen-bond donors (Lipinski definition) is 3. The molecule has 0 aliphatic heterocycles. The summed E-state index contributed by atoms with van der Waals surface area (Å²) in [4.78, 5) is 25.5. The first-order valence-electron chi connectivity index (χ1n) is 4.77. The molecule has 0 radical (unpaired) electrons. The van der Waals surface area contributed by atoms with Crippen molar-refractivity contribution in [3.63, 3.8) is 0 Å². The third kappa shape index (κ3) is 4.41. The number of anilines is 1. The zero-order chi connectivity index (χ0) is 12.0. The summed E-state index contributed by atoms with van der Waals surface area (Å²) in [6.45, 7) is 1.92. The molecule has 1 heterocycles. The van der Waals surface area contributed by atoms with E-state index in [1.807, 2.05) is 6.92 Å². The number of pyridine rings is 1. The summed E-state index contributed by atoms with van der Waals surface area (Å²) in [7, 11) is 0. The zero-order valence-electron chi connectivity index (χ0n) is 8.86. The molecule has 1 aromatic rings. The molecule has 0 saturated heterocycles. The number of rotatable bonds is 4. The minimum Gasteiger partial charge on any atom is -0.481 e. The average molecular weight is 223 g/mol. The highest BCUT2D eigenvalue weighted by Crippen LogP contribution is 2.06. The largest absolute Gasteiger partial charge is 0.481 e. The molecule has 0 saturated carbocycles. The van der Waals surface area contributed by atoms with Crippen molar-refractivity contribution in [3.05, 3.63) is 24.0 Å². The van der Waals surface area contributed by atoms with Crippen LogP contribution in [0, 0.1) is 6.92 Å². The van der Waals surface area contributed by atoms with E-state index in [0.717, 1.165) is 5.69 Å². The first kappa shape index (κ1) is 12.0. The monoisotopic (exact) mass is 223 g/mol. The van der Waals surface area contributed by atoms with Crippen LogP contribution in [0.3, 0.4) is 0 Å². The maximum absolute atomic E-state index is 11.3. The van der Waals surface area contributed by atoms with Crippen molar-refractivity contribution in [2.45, 2.75) is 13.3 Å². The molecular formula is C10H13N3O3. The van der Waals surface area contributed by atoms with Crippen molar-refractivity contribution in [1.82, 2.24) is 10.3 Å². The van der Waals surface area contributed by atoms with E-state index in [1.165, 1.54) is 0 Å². The van der Waals surface area contributed by atoms with Crippen LogP contribution in [0.25, 0.3) is 0 Å². The Hall–Kier alpha value is -2.11. The number of nitrogens with zero attached hydrogens (tertiary/aromatic N) is 1. The lowest BCUT2D eigenvalue weighted by Gasteiger charge is -2.06. The number of carbonyl (C=O) groups excluding carboxylic acids is 1. The van der Waals surface area contributed by atoms with Crippen LogP contribution >= 0.6 is 0 Å². The molecular weight excluding hydrogens is 210 g/mol. The molecule has 0 atom stereocenters. The molecule has 1 aromatic heterocycles. The van der Waals surface area contributed by atoms with Gasteiger partial charge < -0.3 is 15.7 Å². The van der Waals surface area contributed by atoms with Gasteiger partial charge in [-0.2, -0.15) is 0 Å². The van der Waals surface area contributed by atoms with E-state index in [1.54, 1.807) is 18.3 Å². The van der Waals surface area contributed by atoms with E-state index in [-0.39, 0.29) is 13.0 Å². The van der Waals surface area contributed by atoms with Crippen LogP contribution < -0.4 is 10.6 Å². The van der Waals surface area contributed by atoms with Crippen molar-refractivity contribution in [1.29, 1.82) is 0 Å². The number of aliphatic carboxylic acids is 1. The third-order valence-corrected chi connectivity index (χ3v) is 1.78. The first-order chi connectivity index (χ1) is 7.58. The molecule has 0 aliphatic rings. The Bertz CT molecular complexity index is 393. The van der Waals surface area contributed by atoms with Gasteiger partial charge in [-0.25, -0.2) is 4.79 Å². The van der Waals surface area contributed by atoms with Gasteiger partial charge in [-0.1, -0.05) is 0 Å². The van der Waals surface area contributed by atoms with Gasteiger partial charge in [-0.3, -0.25) is 9.78 Å². The minimum absolute atomic E-state index is 0.0945. The number of carboxylic acids is 1. The second-order valence-electron chi connectivity index (χ2n) is 3.21. The number of urea groups is 1. The van der Waals surface area contributed by atoms with Crippen molar-refractivity contribution in [2.24, 2.45) is 0 Å². The van der Waals surface area contributed by atoms with Gasteiger partial charge in [0.15, 0.2) is 0 Å². The molecule has 1 rings (SSSR count). The van der Waals surface area contributed by atoms with Gasteiger partial charge in [-0.15, -0.1) is 0 Å². The molecule has 3 N–H and O–H groups in total. The number of hydrogen-bond acceptors (Lipinski definition) is 3. The lowest BCUT2D eigenvalue weighted by Crippen LogP contribution is -2.30. The zero-order valence-corrected chi connectivity index (χ0v) is 8.86. The second kappa shape index (κ2) is 5.69. The number of aryl methyl sites for hydroxylation is 1. The lowest BCUT2D eigenvalue weighted by atomic mass is 10.3. The summed E-state index contributed by atoms with van der Waals surface area (Å²) in [5.74, 6) is -0.944. The fourth-order valence-electron chi connectivity index (χ4n) is 1.08. The standard InChI is InChI=1S/C10H13N3O3/c1-7-6-8(2-4-11-7)13-10(16)12-5-3-9(14)15/h2,4,6H,3,5H2,1H3,(H,14,15)(H2,11,12,13,16). The Kier molecular flexibility index (Phi) is 4.26. The van der Waals surface area contributed by atoms with E-state index >= 15 is 0 Å². The molecule has 0 spiro atoms. The minimum atomic E-state index is -0.944. The SMILES string of the molecule is Cc1cc(NC(=O)NCCC(=O)O)ccn1. The lowest BCUT2D eigenvalue weighted by molar-refractivity contribution is -0.136. The smallest absolute Gasteiger partial charge is 0.319 e. The molecule has 6 nitrogen and oxygen atoms in total. The van der Waals surface area contributed by atoms with Crippen LogP contribution in [-0.2, 0) is 4.79 Å². The molecule has 0 bridgehead atoms. The molecule has 0 fully saturated rings. The Labute approximate surface area is 92.7 Å². The number of carbonyl (C=O) groups is 2. The van der Waals surface area contributed by atoms with Crippen molar-refractivity contribution < 1.29 is 14.7 Å². The van der Waals surface area contributed by atoms with E-state index < -0.39 is 12.0 Å². The van der Waals surface area contributed by atoms with E-state index in [4.69, 9.17) is 5.11 Å². The summed E-state index contributed by atoms with van der Waals surface area (Å²) in [5, 5.41) is 13.4. The highest BCUT2D eigenvalue weighted by molar-refractivity contribution is 5.89. The van der Waals surface area contributed by atoms with Gasteiger partial charge in [0.25, 0.3) is 0 Å². The van der Waals surface area contributed by atoms with E-state index in [9.17, 15) is 9.59 Å². The average Bonchev–Trinajstić information content (AvgIpc) is 2.16. The summed E-state index contributed by atoms with van der Waals surface area (Å²) in [6.07, 6.45) is 1.49. The first-order valence-corrected chi connectivity index (χ1v) is 4.77. The molecule has 0 aromatic carbocycles. The Balaban J connectivity index is 2.37. The highest BCUT2D eigenvalue weighted by Gasteiger charge is 2.02. The topological polar surface area (TPSA) is 91.3 Å². The molecule has 16 heavy (non-hydrogen) atoms. The summed E-state index contributed by atoms with van der Waals surface area (Å²) >= 11 is 0. The van der Waals surface area contributed by atoms with Gasteiger partial charge in [0.1, 0.15) is 0 Å². The van der Waals surface area contributed by atoms with Crippen LogP contribution in [0.1, 0.15) is 12.1 Å². The van der Waals surface area contributed by atoms with Crippen molar-refractivity contribution in [2.75, 3.05) is 11.9 Å². The van der Waals surface area contributed by atoms with Crippen LogP contribution in [0.5, 0.6) is 0 Å². The molecule has 6 heteroatoms. The fourth-order valence-corrected chi connectivity index (χ4v) is 1.08. The quantitative estimate of drug-likeness (QED) is 0.709. The Morgan fingerprint density at radius 3 is 2.88 bits per heavy atom. The van der Waals surface area contributed by atoms with Crippen molar-refractivity contribution >= 4 is 17.7 Å². The maximum Gasteiger partial charge on any atom is 0.319 e. The highest BCUT2D eigenvalue weighted by atomic mass is 16.4. The predicted molar refractivity (Wildman–Crippen MR) is 58.2 cm³/mol. The van der Waals surface area contributed by atoms with Crippen LogP contribution in [0.2, 0.25) is 0 Å². The van der Waals surface area contributed by atoms with Crippen LogP contribution in [0.15, 0.2) is 18.3 Å². The maximum atomic E-state index is 11.3.